The van der Waals surface area contributed by atoms with Crippen molar-refractivity contribution >= 4 is 11.7 Å². The Kier molecular flexibility index (Phi) is 6.20. The van der Waals surface area contributed by atoms with Crippen molar-refractivity contribution in [3.05, 3.63) is 71.7 Å². The third kappa shape index (κ3) is 4.82. The lowest BCUT2D eigenvalue weighted by atomic mass is 10.0. The molecule has 0 spiro atoms. The smallest absolute Gasteiger partial charge is 0.368 e. The lowest BCUT2D eigenvalue weighted by molar-refractivity contribution is -0.137. The molecule has 0 aliphatic carbocycles. The molecule has 11 heteroatoms. The minimum atomic E-state index is -4.55. The van der Waals surface area contributed by atoms with Crippen molar-refractivity contribution in [1.29, 1.82) is 0 Å². The number of pyridine rings is 1. The van der Waals surface area contributed by atoms with Gasteiger partial charge in [-0.25, -0.2) is 23.7 Å². The number of benzene rings is 1. The number of likely N-dealkylation sites (tertiary alicyclic amines) is 1. The highest BCUT2D eigenvalue weighted by Crippen LogP contribution is 2.36. The van der Waals surface area contributed by atoms with E-state index in [0.717, 1.165) is 22.6 Å². The first kappa shape index (κ1) is 23.5. The fourth-order valence-corrected chi connectivity index (χ4v) is 3.81. The second-order valence-corrected chi connectivity index (χ2v) is 7.96. The SMILES string of the molecule is Cc1ccc(-c2ncccn2)c(C(=O)N2CCC(F)(F)C2CNc2ccc(C(F)(F)F)cn2)c1. The topological polar surface area (TPSA) is 71.0 Å². The Morgan fingerprint density at radius 2 is 1.88 bits per heavy atom. The summed E-state index contributed by atoms with van der Waals surface area (Å²) in [5, 5.41) is 2.64. The van der Waals surface area contributed by atoms with Gasteiger partial charge >= 0.3 is 6.18 Å². The number of rotatable bonds is 5. The molecule has 3 aromatic rings. The molecule has 2 aromatic heterocycles. The highest BCUT2D eigenvalue weighted by molar-refractivity contribution is 6.00. The van der Waals surface area contributed by atoms with E-state index in [1.165, 1.54) is 12.4 Å². The zero-order valence-corrected chi connectivity index (χ0v) is 18.0. The molecule has 178 valence electrons. The normalized spacial score (nSPS) is 17.6. The van der Waals surface area contributed by atoms with Crippen molar-refractivity contribution in [2.45, 2.75) is 31.5 Å². The van der Waals surface area contributed by atoms with Gasteiger partial charge in [-0.05, 0) is 31.2 Å². The number of nitrogens with one attached hydrogen (secondary N) is 1. The number of aryl methyl sites for hydroxylation is 1. The standard InChI is InChI=1S/C23H20F5N5O/c1-14-3-5-16(20-29-8-2-9-30-20)17(11-14)21(34)33-10-7-22(24,25)18(33)13-32-19-6-4-15(12-31-19)23(26,27)28/h2-6,8-9,11-12,18H,7,10,13H2,1H3,(H,31,32). The van der Waals surface area contributed by atoms with Crippen molar-refractivity contribution in [2.24, 2.45) is 0 Å². The molecule has 1 aromatic carbocycles. The van der Waals surface area contributed by atoms with Crippen LogP contribution in [-0.4, -0.2) is 50.8 Å². The molecule has 1 atom stereocenters. The molecular weight excluding hydrogens is 457 g/mol. The Morgan fingerprint density at radius 1 is 1.15 bits per heavy atom. The maximum Gasteiger partial charge on any atom is 0.417 e. The molecule has 0 bridgehead atoms. The van der Waals surface area contributed by atoms with Gasteiger partial charge in [-0.15, -0.1) is 0 Å². The van der Waals surface area contributed by atoms with E-state index in [0.29, 0.717) is 17.6 Å². The van der Waals surface area contributed by atoms with E-state index in [4.69, 9.17) is 0 Å². The number of amides is 1. The zero-order valence-electron chi connectivity index (χ0n) is 18.0. The molecule has 1 aliphatic rings. The summed E-state index contributed by atoms with van der Waals surface area (Å²) in [6, 6.07) is 7.03. The molecule has 0 saturated carbocycles. The van der Waals surface area contributed by atoms with Gasteiger partial charge in [0.1, 0.15) is 11.9 Å². The third-order valence-electron chi connectivity index (χ3n) is 5.59. The van der Waals surface area contributed by atoms with E-state index in [9.17, 15) is 26.7 Å². The average Bonchev–Trinajstić information content (AvgIpc) is 3.11. The summed E-state index contributed by atoms with van der Waals surface area (Å²) in [7, 11) is 0. The number of aromatic nitrogens is 3. The first-order chi connectivity index (χ1) is 16.1. The van der Waals surface area contributed by atoms with E-state index in [2.05, 4.69) is 20.3 Å². The highest BCUT2D eigenvalue weighted by atomic mass is 19.4. The van der Waals surface area contributed by atoms with E-state index in [1.807, 2.05) is 0 Å². The summed E-state index contributed by atoms with van der Waals surface area (Å²) < 4.78 is 67.6. The fraction of sp³-hybridized carbons (Fsp3) is 0.304. The van der Waals surface area contributed by atoms with Gasteiger partial charge in [0, 0.05) is 43.7 Å². The summed E-state index contributed by atoms with van der Waals surface area (Å²) in [5.41, 5.74) is 0.429. The molecule has 3 heterocycles. The maximum absolute atomic E-state index is 14.7. The molecule has 1 aliphatic heterocycles. The van der Waals surface area contributed by atoms with Crippen molar-refractivity contribution in [3.63, 3.8) is 0 Å². The average molecular weight is 477 g/mol. The van der Waals surface area contributed by atoms with Gasteiger partial charge in [-0.1, -0.05) is 17.7 Å². The first-order valence-corrected chi connectivity index (χ1v) is 10.4. The van der Waals surface area contributed by atoms with E-state index in [-0.39, 0.29) is 24.5 Å². The van der Waals surface area contributed by atoms with Gasteiger partial charge in [-0.3, -0.25) is 4.79 Å². The van der Waals surface area contributed by atoms with Crippen LogP contribution in [0.4, 0.5) is 27.8 Å². The summed E-state index contributed by atoms with van der Waals surface area (Å²) >= 11 is 0. The molecular formula is C23H20F5N5O. The quantitative estimate of drug-likeness (QED) is 0.534. The largest absolute Gasteiger partial charge is 0.417 e. The van der Waals surface area contributed by atoms with Crippen LogP contribution in [0.3, 0.4) is 0 Å². The monoisotopic (exact) mass is 477 g/mol. The number of hydrogen-bond donors (Lipinski definition) is 1. The lowest BCUT2D eigenvalue weighted by Crippen LogP contribution is -2.47. The number of anilines is 1. The molecule has 1 fully saturated rings. The van der Waals surface area contributed by atoms with Gasteiger partial charge < -0.3 is 10.2 Å². The van der Waals surface area contributed by atoms with E-state index < -0.39 is 36.0 Å². The number of carbonyl (C=O) groups excluding carboxylic acids is 1. The number of nitrogens with zero attached hydrogens (tertiary/aromatic N) is 4. The van der Waals surface area contributed by atoms with Crippen molar-refractivity contribution in [3.8, 4) is 11.4 Å². The number of alkyl halides is 5. The van der Waals surface area contributed by atoms with Crippen LogP contribution >= 0.6 is 0 Å². The fourth-order valence-electron chi connectivity index (χ4n) is 3.81. The van der Waals surface area contributed by atoms with Gasteiger partial charge in [-0.2, -0.15) is 13.2 Å². The predicted octanol–water partition coefficient (Wildman–Crippen LogP) is 4.83. The Hall–Kier alpha value is -3.63. The lowest BCUT2D eigenvalue weighted by Gasteiger charge is -2.29. The van der Waals surface area contributed by atoms with Gasteiger partial charge in [0.25, 0.3) is 11.8 Å². The van der Waals surface area contributed by atoms with Crippen molar-refractivity contribution < 1.29 is 26.7 Å². The minimum Gasteiger partial charge on any atom is -0.368 e. The van der Waals surface area contributed by atoms with E-state index >= 15 is 0 Å². The maximum atomic E-state index is 14.7. The number of halogens is 5. The van der Waals surface area contributed by atoms with Crippen LogP contribution in [-0.2, 0) is 6.18 Å². The van der Waals surface area contributed by atoms with E-state index in [1.54, 1.807) is 31.2 Å². The second kappa shape index (κ2) is 8.96. The molecule has 1 saturated heterocycles. The van der Waals surface area contributed by atoms with Gasteiger partial charge in [0.05, 0.1) is 11.1 Å². The predicted molar refractivity (Wildman–Crippen MR) is 114 cm³/mol. The van der Waals surface area contributed by atoms with Crippen LogP contribution in [0.5, 0.6) is 0 Å². The summed E-state index contributed by atoms with van der Waals surface area (Å²) in [6.07, 6.45) is -1.43. The third-order valence-corrected chi connectivity index (χ3v) is 5.59. The van der Waals surface area contributed by atoms with Crippen LogP contribution < -0.4 is 5.32 Å². The van der Waals surface area contributed by atoms with Gasteiger partial charge in [0.15, 0.2) is 5.82 Å². The summed E-state index contributed by atoms with van der Waals surface area (Å²) in [5.74, 6) is -3.50. The van der Waals surface area contributed by atoms with Crippen LogP contribution in [0.15, 0.2) is 55.0 Å². The molecule has 6 nitrogen and oxygen atoms in total. The number of hydrogen-bond acceptors (Lipinski definition) is 5. The highest BCUT2D eigenvalue weighted by Gasteiger charge is 2.50. The molecule has 1 unspecified atom stereocenters. The Morgan fingerprint density at radius 3 is 2.53 bits per heavy atom. The van der Waals surface area contributed by atoms with Crippen molar-refractivity contribution in [1.82, 2.24) is 19.9 Å². The molecule has 0 radical (unpaired) electrons. The minimum absolute atomic E-state index is 0.00275. The Bertz CT molecular complexity index is 1170. The van der Waals surface area contributed by atoms with Crippen LogP contribution in [0, 0.1) is 6.92 Å². The van der Waals surface area contributed by atoms with Crippen LogP contribution in [0.1, 0.15) is 27.9 Å². The summed E-state index contributed by atoms with van der Waals surface area (Å²) in [4.78, 5) is 26.5. The molecule has 34 heavy (non-hydrogen) atoms. The first-order valence-electron chi connectivity index (χ1n) is 10.4. The number of carbonyl (C=O) groups is 1. The summed E-state index contributed by atoms with van der Waals surface area (Å²) in [6.45, 7) is 1.21. The van der Waals surface area contributed by atoms with Crippen LogP contribution in [0.25, 0.3) is 11.4 Å². The zero-order chi connectivity index (χ0) is 24.5. The Balaban J connectivity index is 1.58. The second-order valence-electron chi connectivity index (χ2n) is 7.96. The Labute approximate surface area is 191 Å². The molecule has 1 N–H and O–H groups in total. The van der Waals surface area contributed by atoms with Crippen LogP contribution in [0.2, 0.25) is 0 Å². The molecule has 1 amide bonds. The molecule has 4 rings (SSSR count). The van der Waals surface area contributed by atoms with Crippen molar-refractivity contribution in [2.75, 3.05) is 18.4 Å². The van der Waals surface area contributed by atoms with Gasteiger partial charge in [0.2, 0.25) is 0 Å².